The Labute approximate surface area is 84.1 Å². The van der Waals surface area contributed by atoms with E-state index >= 15 is 0 Å². The summed E-state index contributed by atoms with van der Waals surface area (Å²) in [5.41, 5.74) is 0. The van der Waals surface area contributed by atoms with Crippen LogP contribution in [-0.2, 0) is 0 Å². The van der Waals surface area contributed by atoms with E-state index in [0.29, 0.717) is 0 Å². The van der Waals surface area contributed by atoms with Gasteiger partial charge in [0, 0.05) is 0 Å². The maximum absolute atomic E-state index is 2.40. The van der Waals surface area contributed by atoms with Crippen molar-refractivity contribution < 1.29 is 0 Å². The van der Waals surface area contributed by atoms with E-state index in [1.54, 1.807) is 0 Å². The molecule has 0 amide bonds. The van der Waals surface area contributed by atoms with Crippen molar-refractivity contribution in [1.29, 1.82) is 0 Å². The second-order valence-corrected chi connectivity index (χ2v) is 5.51. The lowest BCUT2D eigenvalue weighted by Crippen LogP contribution is -2.42. The normalized spacial score (nSPS) is 33.9. The number of rotatable bonds is 4. The lowest BCUT2D eigenvalue weighted by Gasteiger charge is -2.50. The molecule has 3 unspecified atom stereocenters. The molecule has 0 aromatic rings. The molecule has 1 fully saturated rings. The highest BCUT2D eigenvalue weighted by molar-refractivity contribution is 4.91. The molecule has 0 spiro atoms. The number of hydrogen-bond donors (Lipinski definition) is 0. The Morgan fingerprint density at radius 2 is 1.69 bits per heavy atom. The summed E-state index contributed by atoms with van der Waals surface area (Å²) in [6.07, 6.45) is 4.35. The minimum atomic E-state index is 0.901. The van der Waals surface area contributed by atoms with Crippen molar-refractivity contribution in [1.82, 2.24) is 0 Å². The van der Waals surface area contributed by atoms with Crippen LogP contribution in [0, 0.1) is 29.6 Å². The quantitative estimate of drug-likeness (QED) is 0.606. The van der Waals surface area contributed by atoms with Gasteiger partial charge < -0.3 is 0 Å². The predicted octanol–water partition coefficient (Wildman–Crippen LogP) is 4.35. The first kappa shape index (κ1) is 11.1. The molecule has 3 atom stereocenters. The van der Waals surface area contributed by atoms with Crippen molar-refractivity contribution >= 4 is 0 Å². The highest BCUT2D eigenvalue weighted by atomic mass is 14.5. The second-order valence-electron chi connectivity index (χ2n) is 5.51. The molecule has 1 saturated carbocycles. The van der Waals surface area contributed by atoms with Crippen molar-refractivity contribution in [2.75, 3.05) is 0 Å². The minimum Gasteiger partial charge on any atom is -0.0654 e. The van der Waals surface area contributed by atoms with E-state index in [1.165, 1.54) is 19.3 Å². The largest absolute Gasteiger partial charge is 0.0654 e. The Hall–Kier alpha value is 0. The molecule has 0 nitrogen and oxygen atoms in total. The summed E-state index contributed by atoms with van der Waals surface area (Å²) in [4.78, 5) is 0. The van der Waals surface area contributed by atoms with Crippen LogP contribution >= 0.6 is 0 Å². The van der Waals surface area contributed by atoms with Crippen molar-refractivity contribution in [3.05, 3.63) is 0 Å². The molecule has 13 heavy (non-hydrogen) atoms. The Kier molecular flexibility index (Phi) is 3.82. The van der Waals surface area contributed by atoms with Crippen LogP contribution in [0.25, 0.3) is 0 Å². The first-order valence-electron chi connectivity index (χ1n) is 6.07. The molecule has 0 saturated heterocycles. The third-order valence-corrected chi connectivity index (χ3v) is 3.90. The third kappa shape index (κ3) is 2.27. The van der Waals surface area contributed by atoms with Crippen molar-refractivity contribution in [3.8, 4) is 0 Å². The molecule has 1 aliphatic rings. The van der Waals surface area contributed by atoms with Gasteiger partial charge in [0.1, 0.15) is 0 Å². The summed E-state index contributed by atoms with van der Waals surface area (Å²) < 4.78 is 0. The van der Waals surface area contributed by atoms with E-state index < -0.39 is 0 Å². The molecule has 1 rings (SSSR count). The minimum absolute atomic E-state index is 0.901. The lowest BCUT2D eigenvalue weighted by atomic mass is 9.56. The topological polar surface area (TPSA) is 0 Å². The van der Waals surface area contributed by atoms with Gasteiger partial charge in [-0.05, 0) is 36.0 Å². The lowest BCUT2D eigenvalue weighted by molar-refractivity contribution is -0.00573. The molecular formula is C13H26. The molecule has 0 aromatic heterocycles. The fraction of sp³-hybridized carbons (Fsp3) is 1.00. The molecule has 1 aliphatic carbocycles. The molecule has 0 heterocycles. The standard InChI is InChI=1S/C13H26/c1-6-7-11-8-12(9(2)3)13(11)10(4)5/h9-13H,6-8H2,1-5H3. The summed E-state index contributed by atoms with van der Waals surface area (Å²) in [6, 6.07) is 0. The molecule has 0 N–H and O–H groups in total. The summed E-state index contributed by atoms with van der Waals surface area (Å²) in [5.74, 6) is 4.91. The fourth-order valence-corrected chi connectivity index (χ4v) is 3.25. The van der Waals surface area contributed by atoms with Crippen LogP contribution in [0.1, 0.15) is 53.9 Å². The third-order valence-electron chi connectivity index (χ3n) is 3.90. The average Bonchev–Trinajstić information content (AvgIpc) is 1.94. The van der Waals surface area contributed by atoms with Crippen LogP contribution in [0.5, 0.6) is 0 Å². The molecule has 0 bridgehead atoms. The van der Waals surface area contributed by atoms with Gasteiger partial charge in [0.2, 0.25) is 0 Å². The summed E-state index contributed by atoms with van der Waals surface area (Å²) >= 11 is 0. The fourth-order valence-electron chi connectivity index (χ4n) is 3.25. The van der Waals surface area contributed by atoms with E-state index in [1.807, 2.05) is 0 Å². The zero-order valence-corrected chi connectivity index (χ0v) is 10.0. The van der Waals surface area contributed by atoms with Crippen LogP contribution in [0.15, 0.2) is 0 Å². The molecule has 0 aliphatic heterocycles. The zero-order chi connectivity index (χ0) is 10.0. The van der Waals surface area contributed by atoms with Crippen LogP contribution in [0.3, 0.4) is 0 Å². The molecule has 78 valence electrons. The maximum atomic E-state index is 2.40. The number of hydrogen-bond acceptors (Lipinski definition) is 0. The van der Waals surface area contributed by atoms with Crippen LogP contribution in [0.4, 0.5) is 0 Å². The molecule has 0 radical (unpaired) electrons. The summed E-state index contributed by atoms with van der Waals surface area (Å²) in [7, 11) is 0. The smallest absolute Gasteiger partial charge is 0.0332 e. The van der Waals surface area contributed by atoms with Gasteiger partial charge in [-0.1, -0.05) is 47.5 Å². The van der Waals surface area contributed by atoms with E-state index in [0.717, 1.165) is 29.6 Å². The Bertz CT molecular complexity index is 146. The SMILES string of the molecule is CCCC1CC(C(C)C)C1C(C)C. The van der Waals surface area contributed by atoms with E-state index in [9.17, 15) is 0 Å². The van der Waals surface area contributed by atoms with Gasteiger partial charge in [0.25, 0.3) is 0 Å². The van der Waals surface area contributed by atoms with Gasteiger partial charge in [-0.15, -0.1) is 0 Å². The molecule has 0 heteroatoms. The van der Waals surface area contributed by atoms with Crippen LogP contribution in [-0.4, -0.2) is 0 Å². The Morgan fingerprint density at radius 1 is 1.08 bits per heavy atom. The van der Waals surface area contributed by atoms with Crippen LogP contribution in [0.2, 0.25) is 0 Å². The highest BCUT2D eigenvalue weighted by Crippen LogP contribution is 2.50. The second kappa shape index (κ2) is 4.48. The van der Waals surface area contributed by atoms with Crippen molar-refractivity contribution in [2.24, 2.45) is 29.6 Å². The Balaban J connectivity index is 2.47. The Morgan fingerprint density at radius 3 is 2.08 bits per heavy atom. The van der Waals surface area contributed by atoms with Gasteiger partial charge in [-0.25, -0.2) is 0 Å². The van der Waals surface area contributed by atoms with Gasteiger partial charge in [0.05, 0.1) is 0 Å². The summed E-state index contributed by atoms with van der Waals surface area (Å²) in [5, 5.41) is 0. The first-order valence-corrected chi connectivity index (χ1v) is 6.07. The molecule has 0 aromatic carbocycles. The van der Waals surface area contributed by atoms with Gasteiger partial charge >= 0.3 is 0 Å². The van der Waals surface area contributed by atoms with Crippen LogP contribution < -0.4 is 0 Å². The van der Waals surface area contributed by atoms with E-state index in [4.69, 9.17) is 0 Å². The average molecular weight is 182 g/mol. The monoisotopic (exact) mass is 182 g/mol. The van der Waals surface area contributed by atoms with Gasteiger partial charge in [-0.2, -0.15) is 0 Å². The van der Waals surface area contributed by atoms with Gasteiger partial charge in [-0.3, -0.25) is 0 Å². The predicted molar refractivity (Wildman–Crippen MR) is 59.7 cm³/mol. The van der Waals surface area contributed by atoms with E-state index in [-0.39, 0.29) is 0 Å². The zero-order valence-electron chi connectivity index (χ0n) is 10.0. The first-order chi connectivity index (χ1) is 6.07. The molecular weight excluding hydrogens is 156 g/mol. The highest BCUT2D eigenvalue weighted by Gasteiger charge is 2.42. The maximum Gasteiger partial charge on any atom is -0.0332 e. The van der Waals surface area contributed by atoms with Crippen molar-refractivity contribution in [3.63, 3.8) is 0 Å². The summed E-state index contributed by atoms with van der Waals surface area (Å²) in [6.45, 7) is 11.9. The van der Waals surface area contributed by atoms with Crippen molar-refractivity contribution in [2.45, 2.75) is 53.9 Å². The van der Waals surface area contributed by atoms with Gasteiger partial charge in [0.15, 0.2) is 0 Å². The van der Waals surface area contributed by atoms with E-state index in [2.05, 4.69) is 34.6 Å².